The number of amides is 1. The van der Waals surface area contributed by atoms with Gasteiger partial charge in [-0.05, 0) is 45.0 Å². The van der Waals surface area contributed by atoms with Gasteiger partial charge in [-0.15, -0.1) is 16.9 Å². The molecule has 0 aliphatic heterocycles. The zero-order valence-corrected chi connectivity index (χ0v) is 19.2. The molecule has 0 radical (unpaired) electrons. The minimum atomic E-state index is -0.413. The maximum absolute atomic E-state index is 12.8. The Kier molecular flexibility index (Phi) is 8.79. The number of aromatic nitrogens is 2. The minimum absolute atomic E-state index is 0.0412. The second-order valence-electron chi connectivity index (χ2n) is 6.47. The van der Waals surface area contributed by atoms with E-state index in [1.807, 2.05) is 51.1 Å². The summed E-state index contributed by atoms with van der Waals surface area (Å²) in [4.78, 5) is 14.0. The van der Waals surface area contributed by atoms with E-state index < -0.39 is 5.91 Å². The van der Waals surface area contributed by atoms with Gasteiger partial charge in [-0.3, -0.25) is 10.1 Å². The van der Waals surface area contributed by atoms with Crippen LogP contribution in [0.4, 0.5) is 6.01 Å². The SMILES string of the molecule is CCOc1cc(C(=O)Nc2nnc(CCSc3ccccc3)o2)cc(OCC)c1OCC. The van der Waals surface area contributed by atoms with Crippen LogP contribution in [0.25, 0.3) is 0 Å². The van der Waals surface area contributed by atoms with Gasteiger partial charge in [-0.2, -0.15) is 0 Å². The number of carbonyl (C=O) groups excluding carboxylic acids is 1. The number of anilines is 1. The largest absolute Gasteiger partial charge is 0.490 e. The quantitative estimate of drug-likeness (QED) is 0.386. The van der Waals surface area contributed by atoms with Crippen LogP contribution in [0.15, 0.2) is 51.8 Å². The molecule has 0 saturated carbocycles. The van der Waals surface area contributed by atoms with Crippen molar-refractivity contribution in [2.45, 2.75) is 32.1 Å². The Labute approximate surface area is 191 Å². The normalized spacial score (nSPS) is 10.6. The second kappa shape index (κ2) is 12.0. The van der Waals surface area contributed by atoms with E-state index in [1.54, 1.807) is 23.9 Å². The van der Waals surface area contributed by atoms with Crippen molar-refractivity contribution in [1.29, 1.82) is 0 Å². The molecular weight excluding hydrogens is 430 g/mol. The number of carbonyl (C=O) groups is 1. The molecule has 9 heteroatoms. The number of hydrogen-bond acceptors (Lipinski definition) is 8. The molecule has 0 fully saturated rings. The maximum Gasteiger partial charge on any atom is 0.322 e. The van der Waals surface area contributed by atoms with Crippen LogP contribution in [0.1, 0.15) is 37.0 Å². The highest BCUT2D eigenvalue weighted by Gasteiger charge is 2.19. The summed E-state index contributed by atoms with van der Waals surface area (Å²) in [6.45, 7) is 6.88. The molecule has 0 atom stereocenters. The Morgan fingerprint density at radius 3 is 2.25 bits per heavy atom. The van der Waals surface area contributed by atoms with Crippen molar-refractivity contribution in [2.24, 2.45) is 0 Å². The molecule has 32 heavy (non-hydrogen) atoms. The number of benzene rings is 2. The lowest BCUT2D eigenvalue weighted by Gasteiger charge is -2.16. The zero-order chi connectivity index (χ0) is 22.8. The Morgan fingerprint density at radius 1 is 0.969 bits per heavy atom. The fourth-order valence-corrected chi connectivity index (χ4v) is 3.73. The molecule has 1 heterocycles. The summed E-state index contributed by atoms with van der Waals surface area (Å²) >= 11 is 1.70. The van der Waals surface area contributed by atoms with Gasteiger partial charge in [-0.25, -0.2) is 0 Å². The molecule has 170 valence electrons. The van der Waals surface area contributed by atoms with Gasteiger partial charge < -0.3 is 18.6 Å². The summed E-state index contributed by atoms with van der Waals surface area (Å²) in [5.74, 6) is 2.19. The van der Waals surface area contributed by atoms with Crippen molar-refractivity contribution in [3.8, 4) is 17.2 Å². The molecule has 8 nitrogen and oxygen atoms in total. The van der Waals surface area contributed by atoms with Crippen LogP contribution in [-0.2, 0) is 6.42 Å². The van der Waals surface area contributed by atoms with Crippen LogP contribution in [0.5, 0.6) is 17.2 Å². The van der Waals surface area contributed by atoms with E-state index in [4.69, 9.17) is 18.6 Å². The maximum atomic E-state index is 12.8. The molecule has 1 N–H and O–H groups in total. The van der Waals surface area contributed by atoms with Crippen molar-refractivity contribution >= 4 is 23.7 Å². The molecular formula is C23H27N3O5S. The van der Waals surface area contributed by atoms with Gasteiger partial charge in [0.15, 0.2) is 11.5 Å². The summed E-state index contributed by atoms with van der Waals surface area (Å²) in [6.07, 6.45) is 0.592. The third kappa shape index (κ3) is 6.40. The zero-order valence-electron chi connectivity index (χ0n) is 18.4. The molecule has 1 amide bonds. The van der Waals surface area contributed by atoms with E-state index in [0.717, 1.165) is 5.75 Å². The number of hydrogen-bond donors (Lipinski definition) is 1. The molecule has 0 spiro atoms. The second-order valence-corrected chi connectivity index (χ2v) is 7.64. The third-order valence-corrected chi connectivity index (χ3v) is 5.20. The monoisotopic (exact) mass is 457 g/mol. The van der Waals surface area contributed by atoms with E-state index in [9.17, 15) is 4.79 Å². The topological polar surface area (TPSA) is 95.7 Å². The standard InChI is InChI=1S/C23H27N3O5S/c1-4-28-18-14-16(15-19(29-5-2)21(18)30-6-3)22(27)24-23-26-25-20(31-23)12-13-32-17-10-8-7-9-11-17/h7-11,14-15H,4-6,12-13H2,1-3H3,(H,24,26,27). The van der Waals surface area contributed by atoms with Crippen LogP contribution in [0.3, 0.4) is 0 Å². The van der Waals surface area contributed by atoms with Gasteiger partial charge >= 0.3 is 6.01 Å². The summed E-state index contributed by atoms with van der Waals surface area (Å²) in [5.41, 5.74) is 0.333. The van der Waals surface area contributed by atoms with Crippen LogP contribution >= 0.6 is 11.8 Å². The van der Waals surface area contributed by atoms with Gasteiger partial charge in [0.2, 0.25) is 11.6 Å². The first-order valence-corrected chi connectivity index (χ1v) is 11.5. The first-order chi connectivity index (χ1) is 15.6. The van der Waals surface area contributed by atoms with Crippen molar-refractivity contribution in [3.05, 3.63) is 53.9 Å². The number of ether oxygens (including phenoxy) is 3. The van der Waals surface area contributed by atoms with E-state index in [0.29, 0.717) is 54.9 Å². The molecule has 0 aliphatic rings. The van der Waals surface area contributed by atoms with Crippen LogP contribution in [0, 0.1) is 0 Å². The summed E-state index contributed by atoms with van der Waals surface area (Å²) < 4.78 is 22.6. The molecule has 0 saturated heterocycles. The fourth-order valence-electron chi connectivity index (χ4n) is 2.87. The lowest BCUT2D eigenvalue weighted by Crippen LogP contribution is -2.13. The molecule has 3 rings (SSSR count). The number of nitrogens with zero attached hydrogens (tertiary/aromatic N) is 2. The van der Waals surface area contributed by atoms with Gasteiger partial charge in [-0.1, -0.05) is 23.3 Å². The number of nitrogens with one attached hydrogen (secondary N) is 1. The predicted molar refractivity (Wildman–Crippen MR) is 123 cm³/mol. The number of thioether (sulfide) groups is 1. The Hall–Kier alpha value is -3.20. The van der Waals surface area contributed by atoms with Crippen LogP contribution < -0.4 is 19.5 Å². The highest BCUT2D eigenvalue weighted by Crippen LogP contribution is 2.39. The lowest BCUT2D eigenvalue weighted by atomic mass is 10.1. The average Bonchev–Trinajstić information content (AvgIpc) is 3.24. The summed E-state index contributed by atoms with van der Waals surface area (Å²) in [7, 11) is 0. The molecule has 2 aromatic carbocycles. The molecule has 0 unspecified atom stereocenters. The van der Waals surface area contributed by atoms with Crippen molar-refractivity contribution in [1.82, 2.24) is 10.2 Å². The van der Waals surface area contributed by atoms with Gasteiger partial charge in [0.25, 0.3) is 5.91 Å². The van der Waals surface area contributed by atoms with Gasteiger partial charge in [0.05, 0.1) is 19.8 Å². The van der Waals surface area contributed by atoms with Crippen LogP contribution in [-0.4, -0.2) is 41.7 Å². The smallest absolute Gasteiger partial charge is 0.322 e. The summed E-state index contributed by atoms with van der Waals surface area (Å²) in [6, 6.07) is 13.3. The van der Waals surface area contributed by atoms with Gasteiger partial charge in [0, 0.05) is 22.6 Å². The first-order valence-electron chi connectivity index (χ1n) is 10.5. The van der Waals surface area contributed by atoms with E-state index in [-0.39, 0.29) is 6.01 Å². The third-order valence-electron chi connectivity index (χ3n) is 4.19. The van der Waals surface area contributed by atoms with E-state index >= 15 is 0 Å². The number of rotatable bonds is 12. The fraction of sp³-hybridized carbons (Fsp3) is 0.348. The first kappa shape index (κ1) is 23.5. The Balaban J connectivity index is 1.67. The minimum Gasteiger partial charge on any atom is -0.490 e. The molecule has 0 aliphatic carbocycles. The van der Waals surface area contributed by atoms with E-state index in [2.05, 4.69) is 15.5 Å². The van der Waals surface area contributed by atoms with Crippen molar-refractivity contribution in [3.63, 3.8) is 0 Å². The Morgan fingerprint density at radius 2 is 1.62 bits per heavy atom. The molecule has 3 aromatic rings. The molecule has 0 bridgehead atoms. The van der Waals surface area contributed by atoms with E-state index in [1.165, 1.54) is 4.90 Å². The average molecular weight is 458 g/mol. The predicted octanol–water partition coefficient (Wildman–Crippen LogP) is 4.85. The number of aryl methyl sites for hydroxylation is 1. The lowest BCUT2D eigenvalue weighted by molar-refractivity contribution is 0.102. The van der Waals surface area contributed by atoms with Crippen molar-refractivity contribution in [2.75, 3.05) is 30.9 Å². The highest BCUT2D eigenvalue weighted by atomic mass is 32.2. The summed E-state index contributed by atoms with van der Waals surface area (Å²) in [5, 5.41) is 10.6. The highest BCUT2D eigenvalue weighted by molar-refractivity contribution is 7.99. The van der Waals surface area contributed by atoms with Crippen LogP contribution in [0.2, 0.25) is 0 Å². The van der Waals surface area contributed by atoms with Crippen molar-refractivity contribution < 1.29 is 23.4 Å². The van der Waals surface area contributed by atoms with Gasteiger partial charge in [0.1, 0.15) is 0 Å². The molecule has 1 aromatic heterocycles. The Bertz CT molecular complexity index is 983.